The molecule has 0 radical (unpaired) electrons. The van der Waals surface area contributed by atoms with Gasteiger partial charge in [-0.3, -0.25) is 9.44 Å². The first-order chi connectivity index (χ1) is 15.6. The Morgan fingerprint density at radius 1 is 0.879 bits per heavy atom. The van der Waals surface area contributed by atoms with Gasteiger partial charge in [0, 0.05) is 4.47 Å². The number of para-hydroxylation sites is 2. The van der Waals surface area contributed by atoms with Crippen molar-refractivity contribution in [3.8, 4) is 11.5 Å². The molecule has 0 aliphatic heterocycles. The summed E-state index contributed by atoms with van der Waals surface area (Å²) in [5.74, 6) is 0.472. The number of rotatable bonds is 9. The van der Waals surface area contributed by atoms with Gasteiger partial charge in [-0.25, -0.2) is 16.8 Å². The second kappa shape index (κ2) is 10.2. The van der Waals surface area contributed by atoms with Crippen LogP contribution in [0.5, 0.6) is 11.5 Å². The van der Waals surface area contributed by atoms with Gasteiger partial charge in [0.25, 0.3) is 20.0 Å². The Labute approximate surface area is 206 Å². The topological polar surface area (TPSA) is 111 Å². The summed E-state index contributed by atoms with van der Waals surface area (Å²) in [7, 11) is -6.83. The zero-order chi connectivity index (χ0) is 24.2. The van der Waals surface area contributed by atoms with Gasteiger partial charge in [-0.2, -0.15) is 0 Å². The quantitative estimate of drug-likeness (QED) is 0.367. The third kappa shape index (κ3) is 5.91. The highest BCUT2D eigenvalue weighted by molar-refractivity contribution is 9.10. The number of sulfonamides is 2. The van der Waals surface area contributed by atoms with Crippen molar-refractivity contribution >= 4 is 59.0 Å². The van der Waals surface area contributed by atoms with E-state index in [4.69, 9.17) is 21.1 Å². The van der Waals surface area contributed by atoms with E-state index < -0.39 is 20.0 Å². The zero-order valence-electron chi connectivity index (χ0n) is 17.5. The van der Waals surface area contributed by atoms with Crippen molar-refractivity contribution in [1.29, 1.82) is 0 Å². The monoisotopic (exact) mass is 574 g/mol. The molecule has 0 heterocycles. The summed E-state index contributed by atoms with van der Waals surface area (Å²) < 4.78 is 67.9. The molecule has 0 bridgehead atoms. The Morgan fingerprint density at radius 3 is 2.27 bits per heavy atom. The molecule has 3 aromatic rings. The molecule has 8 nitrogen and oxygen atoms in total. The highest BCUT2D eigenvalue weighted by Crippen LogP contribution is 2.33. The normalized spacial score (nSPS) is 11.6. The number of ether oxygens (including phenoxy) is 2. The maximum absolute atomic E-state index is 13.1. The number of hydrogen-bond donors (Lipinski definition) is 2. The van der Waals surface area contributed by atoms with Gasteiger partial charge < -0.3 is 9.47 Å². The molecule has 176 valence electrons. The summed E-state index contributed by atoms with van der Waals surface area (Å²) in [5.41, 5.74) is 0.120. The molecule has 3 rings (SSSR count). The second-order valence-corrected chi connectivity index (χ2v) is 11.2. The van der Waals surface area contributed by atoms with Crippen LogP contribution in [0.1, 0.15) is 6.92 Å². The second-order valence-electron chi connectivity index (χ2n) is 6.58. The molecule has 0 fully saturated rings. The highest BCUT2D eigenvalue weighted by Gasteiger charge is 2.24. The van der Waals surface area contributed by atoms with Gasteiger partial charge in [0.2, 0.25) is 0 Å². The van der Waals surface area contributed by atoms with Crippen molar-refractivity contribution in [2.45, 2.75) is 16.7 Å². The average Bonchev–Trinajstić information content (AvgIpc) is 2.76. The van der Waals surface area contributed by atoms with E-state index in [2.05, 4.69) is 25.4 Å². The Balaban J connectivity index is 1.98. The van der Waals surface area contributed by atoms with Crippen LogP contribution in [0.3, 0.4) is 0 Å². The van der Waals surface area contributed by atoms with Gasteiger partial charge >= 0.3 is 0 Å². The average molecular weight is 576 g/mol. The summed E-state index contributed by atoms with van der Waals surface area (Å²) in [4.78, 5) is -0.329. The zero-order valence-corrected chi connectivity index (χ0v) is 21.5. The van der Waals surface area contributed by atoms with E-state index in [1.807, 2.05) is 0 Å². The third-order valence-electron chi connectivity index (χ3n) is 4.34. The lowest BCUT2D eigenvalue weighted by molar-refractivity contribution is 0.331. The summed E-state index contributed by atoms with van der Waals surface area (Å²) in [5, 5.41) is 0.0165. The number of halogens is 2. The van der Waals surface area contributed by atoms with Crippen LogP contribution < -0.4 is 18.9 Å². The maximum atomic E-state index is 13.1. The minimum Gasteiger partial charge on any atom is -0.495 e. The van der Waals surface area contributed by atoms with Crippen LogP contribution in [-0.4, -0.2) is 30.6 Å². The van der Waals surface area contributed by atoms with Crippen LogP contribution in [0, 0.1) is 0 Å². The number of methoxy groups -OCH3 is 1. The van der Waals surface area contributed by atoms with Gasteiger partial charge in [-0.15, -0.1) is 0 Å². The summed E-state index contributed by atoms with van der Waals surface area (Å²) in [6.45, 7) is 1.99. The van der Waals surface area contributed by atoms with Crippen molar-refractivity contribution in [2.24, 2.45) is 0 Å². The van der Waals surface area contributed by atoms with Crippen LogP contribution in [0.15, 0.2) is 74.9 Å². The Bertz CT molecular complexity index is 1380. The lowest BCUT2D eigenvalue weighted by atomic mass is 10.3. The number of nitrogens with one attached hydrogen (secondary N) is 2. The SMILES string of the molecule is CCOc1ccc(Br)cc1S(=O)(=O)Nc1cc(S(=O)(=O)Nc2ccccc2OC)ccc1Cl. The molecular formula is C21H20BrClN2O6S2. The van der Waals surface area contributed by atoms with Crippen LogP contribution >= 0.6 is 27.5 Å². The van der Waals surface area contributed by atoms with Gasteiger partial charge in [-0.1, -0.05) is 39.7 Å². The summed E-state index contributed by atoms with van der Waals surface area (Å²) in [6.07, 6.45) is 0. The first kappa shape index (κ1) is 25.2. The number of benzene rings is 3. The Morgan fingerprint density at radius 2 is 1.58 bits per heavy atom. The fourth-order valence-corrected chi connectivity index (χ4v) is 5.92. The Kier molecular flexibility index (Phi) is 7.78. The first-order valence-electron chi connectivity index (χ1n) is 9.48. The van der Waals surface area contributed by atoms with E-state index in [1.54, 1.807) is 37.3 Å². The molecule has 2 N–H and O–H groups in total. The largest absolute Gasteiger partial charge is 0.495 e. The lowest BCUT2D eigenvalue weighted by Gasteiger charge is -2.15. The van der Waals surface area contributed by atoms with E-state index in [1.165, 1.54) is 31.4 Å². The summed E-state index contributed by atoms with van der Waals surface area (Å²) >= 11 is 9.43. The molecule has 33 heavy (non-hydrogen) atoms. The van der Waals surface area contributed by atoms with E-state index in [0.717, 1.165) is 6.07 Å². The molecule has 0 unspecified atom stereocenters. The van der Waals surface area contributed by atoms with Crippen LogP contribution in [0.2, 0.25) is 5.02 Å². The van der Waals surface area contributed by atoms with Gasteiger partial charge in [-0.05, 0) is 55.5 Å². The number of anilines is 2. The molecule has 3 aromatic carbocycles. The fourth-order valence-electron chi connectivity index (χ4n) is 2.85. The van der Waals surface area contributed by atoms with Crippen molar-refractivity contribution in [2.75, 3.05) is 23.2 Å². The first-order valence-corrected chi connectivity index (χ1v) is 13.6. The fraction of sp³-hybridized carbons (Fsp3) is 0.143. The van der Waals surface area contributed by atoms with E-state index >= 15 is 0 Å². The molecule has 12 heteroatoms. The van der Waals surface area contributed by atoms with E-state index in [9.17, 15) is 16.8 Å². The summed E-state index contributed by atoms with van der Waals surface area (Å²) in [6, 6.07) is 14.7. The van der Waals surface area contributed by atoms with Crippen molar-refractivity contribution in [3.05, 3.63) is 70.2 Å². The van der Waals surface area contributed by atoms with Gasteiger partial charge in [0.1, 0.15) is 16.4 Å². The molecule has 0 spiro atoms. The predicted octanol–water partition coefficient (Wildman–Crippen LogP) is 5.11. The maximum Gasteiger partial charge on any atom is 0.265 e. The van der Waals surface area contributed by atoms with Gasteiger partial charge in [0.05, 0.1) is 35.0 Å². The Hall–Kier alpha value is -2.47. The van der Waals surface area contributed by atoms with Crippen LogP contribution in [0.25, 0.3) is 0 Å². The lowest BCUT2D eigenvalue weighted by Crippen LogP contribution is -2.17. The van der Waals surface area contributed by atoms with Crippen molar-refractivity contribution in [3.63, 3.8) is 0 Å². The third-order valence-corrected chi connectivity index (χ3v) is 7.91. The molecule has 0 saturated carbocycles. The standard InChI is InChI=1S/C21H20BrClN2O6S2/c1-3-31-20-11-8-14(22)12-21(20)33(28,29)25-18-13-15(9-10-16(18)23)32(26,27)24-17-6-4-5-7-19(17)30-2/h4-13,24-25H,3H2,1-2H3. The highest BCUT2D eigenvalue weighted by atomic mass is 79.9. The molecule has 0 aliphatic rings. The van der Waals surface area contributed by atoms with E-state index in [0.29, 0.717) is 10.2 Å². The smallest absolute Gasteiger partial charge is 0.265 e. The van der Waals surface area contributed by atoms with Crippen molar-refractivity contribution in [1.82, 2.24) is 0 Å². The molecular weight excluding hydrogens is 556 g/mol. The molecule has 0 saturated heterocycles. The molecule has 0 atom stereocenters. The molecule has 0 amide bonds. The van der Waals surface area contributed by atoms with Crippen molar-refractivity contribution < 1.29 is 26.3 Å². The number of hydrogen-bond acceptors (Lipinski definition) is 6. The predicted molar refractivity (Wildman–Crippen MR) is 131 cm³/mol. The van der Waals surface area contributed by atoms with E-state index in [-0.39, 0.29) is 38.5 Å². The minimum atomic E-state index is -4.17. The molecule has 0 aromatic heterocycles. The molecule has 0 aliphatic carbocycles. The van der Waals surface area contributed by atoms with Gasteiger partial charge in [0.15, 0.2) is 0 Å². The van der Waals surface area contributed by atoms with Crippen LogP contribution in [0.4, 0.5) is 11.4 Å². The van der Waals surface area contributed by atoms with Crippen LogP contribution in [-0.2, 0) is 20.0 Å². The minimum absolute atomic E-state index is 0.0165.